The Kier molecular flexibility index (Phi) is 7.23. The lowest BCUT2D eigenvalue weighted by molar-refractivity contribution is 0.368. The summed E-state index contributed by atoms with van der Waals surface area (Å²) in [6.07, 6.45) is 13.9. The van der Waals surface area contributed by atoms with E-state index in [2.05, 4.69) is 164 Å². The van der Waals surface area contributed by atoms with Gasteiger partial charge in [0.05, 0.1) is 11.5 Å². The molecule has 10 rings (SSSR count). The van der Waals surface area contributed by atoms with Crippen molar-refractivity contribution in [3.05, 3.63) is 197 Å². The number of para-hydroxylation sites is 2. The first kappa shape index (κ1) is 30.9. The molecule has 5 aromatic rings. The number of nitrogens with two attached hydrogens (primary N) is 1. The molecule has 254 valence electrons. The standard InChI is InChI=1S/C48H40N2O2/c1-31-37-16-5-8-19-43(37)50(42(31)26-27-49)36-23-25-41-47(30-36)52-45-21-10-7-18-39(45)48(41)38-17-6-9-20-44(38)51-46-29-35(22-24-40(46)48)34-15-11-14-33(28-34)32-12-3-2-4-13-32/h2-21,23,25,28-30,37,43H,22,24,26-27,49H2,1H3. The van der Waals surface area contributed by atoms with Crippen molar-refractivity contribution >= 4 is 11.3 Å². The van der Waals surface area contributed by atoms with Crippen LogP contribution in [0.1, 0.15) is 48.4 Å². The average molecular weight is 677 g/mol. The first-order chi connectivity index (χ1) is 25.6. The summed E-state index contributed by atoms with van der Waals surface area (Å²) in [4.78, 5) is 2.49. The first-order valence-electron chi connectivity index (χ1n) is 18.5. The van der Waals surface area contributed by atoms with E-state index in [1.807, 2.05) is 0 Å². The molecule has 3 heterocycles. The number of hydrogen-bond acceptors (Lipinski definition) is 4. The minimum Gasteiger partial charge on any atom is -0.457 e. The molecular formula is C48H40N2O2. The largest absolute Gasteiger partial charge is 0.457 e. The number of rotatable bonds is 5. The second kappa shape index (κ2) is 12.1. The van der Waals surface area contributed by atoms with Crippen molar-refractivity contribution in [1.29, 1.82) is 0 Å². The Morgan fingerprint density at radius 1 is 0.673 bits per heavy atom. The fraction of sp³-hybridized carbons (Fsp3) is 0.167. The van der Waals surface area contributed by atoms with E-state index >= 15 is 0 Å². The Balaban J connectivity index is 1.16. The first-order valence-corrected chi connectivity index (χ1v) is 18.5. The van der Waals surface area contributed by atoms with E-state index < -0.39 is 5.41 Å². The van der Waals surface area contributed by atoms with E-state index in [0.29, 0.717) is 12.5 Å². The maximum absolute atomic E-state index is 6.93. The number of benzene rings is 5. The van der Waals surface area contributed by atoms with Crippen LogP contribution in [0.5, 0.6) is 17.2 Å². The number of nitrogens with zero attached hydrogens (tertiary/aromatic N) is 1. The van der Waals surface area contributed by atoms with Gasteiger partial charge in [0, 0.05) is 40.1 Å². The lowest BCUT2D eigenvalue weighted by atomic mass is 9.60. The summed E-state index contributed by atoms with van der Waals surface area (Å²) < 4.78 is 13.8. The number of allylic oxidation sites excluding steroid dienone is 5. The van der Waals surface area contributed by atoms with E-state index in [4.69, 9.17) is 15.2 Å². The van der Waals surface area contributed by atoms with Crippen LogP contribution in [0, 0.1) is 5.92 Å². The van der Waals surface area contributed by atoms with Crippen LogP contribution >= 0.6 is 0 Å². The molecule has 3 atom stereocenters. The van der Waals surface area contributed by atoms with Crippen LogP contribution in [0.4, 0.5) is 5.69 Å². The van der Waals surface area contributed by atoms with Gasteiger partial charge in [0.25, 0.3) is 0 Å². The Bertz CT molecular complexity index is 2410. The van der Waals surface area contributed by atoms with Gasteiger partial charge in [-0.1, -0.05) is 115 Å². The van der Waals surface area contributed by atoms with Crippen molar-refractivity contribution in [3.8, 4) is 28.4 Å². The molecule has 0 aromatic heterocycles. The van der Waals surface area contributed by atoms with Crippen molar-refractivity contribution in [3.63, 3.8) is 0 Å². The second-order valence-corrected chi connectivity index (χ2v) is 14.4. The van der Waals surface area contributed by atoms with Gasteiger partial charge in [0.1, 0.15) is 23.0 Å². The van der Waals surface area contributed by atoms with E-state index in [1.54, 1.807) is 0 Å². The predicted molar refractivity (Wildman–Crippen MR) is 210 cm³/mol. The van der Waals surface area contributed by atoms with Gasteiger partial charge in [-0.05, 0) is 96.5 Å². The summed E-state index contributed by atoms with van der Waals surface area (Å²) >= 11 is 0. The van der Waals surface area contributed by atoms with Gasteiger partial charge in [-0.3, -0.25) is 0 Å². The molecule has 0 amide bonds. The monoisotopic (exact) mass is 676 g/mol. The molecule has 52 heavy (non-hydrogen) atoms. The Morgan fingerprint density at radius 2 is 1.37 bits per heavy atom. The van der Waals surface area contributed by atoms with Gasteiger partial charge in [0.2, 0.25) is 0 Å². The molecule has 5 aromatic carbocycles. The fourth-order valence-corrected chi connectivity index (χ4v) is 9.45. The van der Waals surface area contributed by atoms with Crippen molar-refractivity contribution in [2.75, 3.05) is 11.4 Å². The summed E-state index contributed by atoms with van der Waals surface area (Å²) in [6, 6.07) is 43.8. The molecule has 4 nitrogen and oxygen atoms in total. The highest BCUT2D eigenvalue weighted by Gasteiger charge is 2.52. The maximum atomic E-state index is 6.93. The molecule has 0 saturated carbocycles. The van der Waals surface area contributed by atoms with Crippen LogP contribution in [0.15, 0.2) is 174 Å². The van der Waals surface area contributed by atoms with E-state index in [0.717, 1.165) is 64.6 Å². The third-order valence-electron chi connectivity index (χ3n) is 11.7. The number of fused-ring (bicyclic) bond motifs is 8. The van der Waals surface area contributed by atoms with Gasteiger partial charge in [0.15, 0.2) is 0 Å². The zero-order valence-electron chi connectivity index (χ0n) is 29.3. The molecule has 3 aliphatic heterocycles. The van der Waals surface area contributed by atoms with E-state index in [1.165, 1.54) is 39.1 Å². The van der Waals surface area contributed by atoms with Crippen molar-refractivity contribution in [1.82, 2.24) is 0 Å². The highest BCUT2D eigenvalue weighted by atomic mass is 16.5. The molecule has 2 aliphatic carbocycles. The highest BCUT2D eigenvalue weighted by molar-refractivity contribution is 5.80. The number of ether oxygens (including phenoxy) is 2. The SMILES string of the molecule is CC1=C(CCN)N(c2ccc3c(c2)Oc2ccccc2C32C3=C(C=C(c4cccc(-c5ccccc5)c4)CC3)Oc3ccccc32)C2C=CC=CC12. The molecule has 1 spiro atoms. The quantitative estimate of drug-likeness (QED) is 0.201. The smallest absolute Gasteiger partial charge is 0.134 e. The summed E-state index contributed by atoms with van der Waals surface area (Å²) in [5.41, 5.74) is 19.1. The second-order valence-electron chi connectivity index (χ2n) is 14.4. The average Bonchev–Trinajstić information content (AvgIpc) is 3.48. The third-order valence-corrected chi connectivity index (χ3v) is 11.7. The normalized spacial score (nSPS) is 22.2. The summed E-state index contributed by atoms with van der Waals surface area (Å²) in [6.45, 7) is 2.87. The van der Waals surface area contributed by atoms with Crippen molar-refractivity contribution < 1.29 is 9.47 Å². The van der Waals surface area contributed by atoms with Gasteiger partial charge < -0.3 is 20.1 Å². The van der Waals surface area contributed by atoms with Crippen LogP contribution < -0.4 is 20.1 Å². The van der Waals surface area contributed by atoms with E-state index in [9.17, 15) is 0 Å². The zero-order valence-corrected chi connectivity index (χ0v) is 29.3. The van der Waals surface area contributed by atoms with Crippen LogP contribution in [-0.4, -0.2) is 12.6 Å². The topological polar surface area (TPSA) is 47.7 Å². The Hall–Kier alpha value is -5.84. The lowest BCUT2D eigenvalue weighted by Gasteiger charge is -2.47. The fourth-order valence-electron chi connectivity index (χ4n) is 9.45. The van der Waals surface area contributed by atoms with E-state index in [-0.39, 0.29) is 6.04 Å². The summed E-state index contributed by atoms with van der Waals surface area (Å²) in [5.74, 6) is 3.92. The van der Waals surface area contributed by atoms with Gasteiger partial charge in [-0.15, -0.1) is 0 Å². The number of anilines is 1. The number of hydrogen-bond donors (Lipinski definition) is 1. The molecule has 3 unspecified atom stereocenters. The Labute approximate surface area is 305 Å². The molecule has 5 aliphatic rings. The van der Waals surface area contributed by atoms with Crippen molar-refractivity contribution in [2.24, 2.45) is 11.7 Å². The van der Waals surface area contributed by atoms with Crippen LogP contribution in [0.25, 0.3) is 16.7 Å². The highest BCUT2D eigenvalue weighted by Crippen LogP contribution is 2.62. The summed E-state index contributed by atoms with van der Waals surface area (Å²) in [5, 5.41) is 0. The predicted octanol–water partition coefficient (Wildman–Crippen LogP) is 10.9. The van der Waals surface area contributed by atoms with Gasteiger partial charge in [-0.2, -0.15) is 0 Å². The van der Waals surface area contributed by atoms with Gasteiger partial charge >= 0.3 is 0 Å². The third kappa shape index (κ3) is 4.57. The molecule has 2 N–H and O–H groups in total. The van der Waals surface area contributed by atoms with Crippen LogP contribution in [-0.2, 0) is 5.41 Å². The lowest BCUT2D eigenvalue weighted by Crippen LogP contribution is -2.39. The summed E-state index contributed by atoms with van der Waals surface area (Å²) in [7, 11) is 0. The maximum Gasteiger partial charge on any atom is 0.134 e. The Morgan fingerprint density at radius 3 is 2.17 bits per heavy atom. The molecule has 0 bridgehead atoms. The molecule has 0 saturated heterocycles. The zero-order chi connectivity index (χ0) is 34.8. The van der Waals surface area contributed by atoms with Crippen LogP contribution in [0.2, 0.25) is 0 Å². The van der Waals surface area contributed by atoms with Crippen molar-refractivity contribution in [2.45, 2.75) is 37.6 Å². The minimum absolute atomic E-state index is 0.217. The van der Waals surface area contributed by atoms with Crippen LogP contribution in [0.3, 0.4) is 0 Å². The van der Waals surface area contributed by atoms with Gasteiger partial charge in [-0.25, -0.2) is 0 Å². The molecule has 4 heteroatoms. The molecular weight excluding hydrogens is 637 g/mol. The minimum atomic E-state index is -0.576. The molecule has 0 fully saturated rings. The molecule has 0 radical (unpaired) electrons.